The average molecular weight is 246 g/mol. The summed E-state index contributed by atoms with van der Waals surface area (Å²) in [7, 11) is 0. The predicted molar refractivity (Wildman–Crippen MR) is 76.7 cm³/mol. The summed E-state index contributed by atoms with van der Waals surface area (Å²) in [5.74, 6) is 1.91. The molecule has 1 fully saturated rings. The number of benzene rings is 1. The van der Waals surface area contributed by atoms with Gasteiger partial charge in [0.15, 0.2) is 0 Å². The highest BCUT2D eigenvalue weighted by atomic mass is 16.3. The molecule has 0 bridgehead atoms. The molecular formula is C17H26O. The van der Waals surface area contributed by atoms with Gasteiger partial charge in [-0.15, -0.1) is 0 Å². The quantitative estimate of drug-likeness (QED) is 0.831. The predicted octanol–water partition coefficient (Wildman–Crippen LogP) is 4.14. The Morgan fingerprint density at radius 3 is 2.44 bits per heavy atom. The highest BCUT2D eigenvalue weighted by Gasteiger charge is 2.38. The fourth-order valence-corrected chi connectivity index (χ4v) is 3.59. The summed E-state index contributed by atoms with van der Waals surface area (Å²) in [6.07, 6.45) is 2.22. The first-order chi connectivity index (χ1) is 8.52. The lowest BCUT2D eigenvalue weighted by molar-refractivity contribution is 0.00475. The van der Waals surface area contributed by atoms with Gasteiger partial charge in [-0.2, -0.15) is 0 Å². The van der Waals surface area contributed by atoms with E-state index in [1.807, 2.05) is 0 Å². The Morgan fingerprint density at radius 2 is 1.83 bits per heavy atom. The number of hydrogen-bond donors (Lipinski definition) is 1. The summed E-state index contributed by atoms with van der Waals surface area (Å²) in [5.41, 5.74) is 2.67. The molecule has 0 aliphatic heterocycles. The topological polar surface area (TPSA) is 20.2 Å². The molecule has 0 heterocycles. The Hall–Kier alpha value is -0.820. The van der Waals surface area contributed by atoms with Crippen molar-refractivity contribution in [3.8, 4) is 0 Å². The lowest BCUT2D eigenvalue weighted by Gasteiger charge is -2.41. The van der Waals surface area contributed by atoms with Crippen molar-refractivity contribution in [1.82, 2.24) is 0 Å². The first kappa shape index (κ1) is 13.6. The molecule has 0 radical (unpaired) electrons. The number of aryl methyl sites for hydroxylation is 1. The smallest absolute Gasteiger partial charge is 0.0641 e. The Labute approximate surface area is 111 Å². The Kier molecular flexibility index (Phi) is 4.11. The van der Waals surface area contributed by atoms with Crippen molar-refractivity contribution >= 4 is 0 Å². The van der Waals surface area contributed by atoms with Crippen LogP contribution in [0.1, 0.15) is 50.7 Å². The van der Waals surface area contributed by atoms with Crippen molar-refractivity contribution in [2.24, 2.45) is 17.8 Å². The number of rotatable bonds is 2. The van der Waals surface area contributed by atoms with Crippen molar-refractivity contribution in [3.63, 3.8) is 0 Å². The molecule has 1 aliphatic rings. The second kappa shape index (κ2) is 5.44. The van der Waals surface area contributed by atoms with Crippen LogP contribution in [0.3, 0.4) is 0 Å². The van der Waals surface area contributed by atoms with Gasteiger partial charge in [-0.05, 0) is 48.6 Å². The minimum atomic E-state index is -0.185. The minimum absolute atomic E-state index is 0.185. The van der Waals surface area contributed by atoms with Gasteiger partial charge in [0.2, 0.25) is 0 Å². The largest absolute Gasteiger partial charge is 0.392 e. The minimum Gasteiger partial charge on any atom is -0.392 e. The first-order valence-corrected chi connectivity index (χ1v) is 7.26. The van der Waals surface area contributed by atoms with Crippen molar-refractivity contribution < 1.29 is 5.11 Å². The summed E-state index contributed by atoms with van der Waals surface area (Å²) >= 11 is 0. The van der Waals surface area contributed by atoms with Crippen LogP contribution in [0.25, 0.3) is 0 Å². The van der Waals surface area contributed by atoms with Crippen LogP contribution in [-0.4, -0.2) is 11.2 Å². The number of aliphatic hydroxyl groups is 1. The normalized spacial score (nSPS) is 32.8. The van der Waals surface area contributed by atoms with Crippen LogP contribution in [0.4, 0.5) is 0 Å². The van der Waals surface area contributed by atoms with Crippen LogP contribution in [0, 0.1) is 24.7 Å². The fraction of sp³-hybridized carbons (Fsp3) is 0.647. The molecule has 1 aromatic carbocycles. The van der Waals surface area contributed by atoms with Gasteiger partial charge in [-0.1, -0.05) is 45.0 Å². The maximum absolute atomic E-state index is 10.7. The highest BCUT2D eigenvalue weighted by molar-refractivity contribution is 5.31. The van der Waals surface area contributed by atoms with E-state index in [2.05, 4.69) is 52.0 Å². The zero-order valence-corrected chi connectivity index (χ0v) is 12.1. The van der Waals surface area contributed by atoms with E-state index in [1.54, 1.807) is 0 Å². The molecule has 0 spiro atoms. The molecule has 2 rings (SSSR count). The Balaban J connectivity index is 2.32. The van der Waals surface area contributed by atoms with Crippen molar-refractivity contribution in [2.45, 2.75) is 52.6 Å². The summed E-state index contributed by atoms with van der Waals surface area (Å²) in [5, 5.41) is 10.7. The van der Waals surface area contributed by atoms with Gasteiger partial charge in [0.05, 0.1) is 6.10 Å². The Morgan fingerprint density at radius 1 is 1.17 bits per heavy atom. The van der Waals surface area contributed by atoms with Gasteiger partial charge in [0, 0.05) is 5.92 Å². The second-order valence-corrected chi connectivity index (χ2v) is 6.34. The van der Waals surface area contributed by atoms with Gasteiger partial charge in [-0.25, -0.2) is 0 Å². The third-order valence-electron chi connectivity index (χ3n) is 4.78. The van der Waals surface area contributed by atoms with Crippen LogP contribution >= 0.6 is 0 Å². The highest BCUT2D eigenvalue weighted by Crippen LogP contribution is 2.43. The van der Waals surface area contributed by atoms with Crippen molar-refractivity contribution in [2.75, 3.05) is 0 Å². The van der Waals surface area contributed by atoms with Crippen molar-refractivity contribution in [3.05, 3.63) is 35.4 Å². The van der Waals surface area contributed by atoms with Gasteiger partial charge in [-0.3, -0.25) is 0 Å². The van der Waals surface area contributed by atoms with E-state index in [0.29, 0.717) is 23.7 Å². The molecule has 100 valence electrons. The van der Waals surface area contributed by atoms with E-state index in [-0.39, 0.29) is 6.10 Å². The van der Waals surface area contributed by atoms with Crippen LogP contribution < -0.4 is 0 Å². The summed E-state index contributed by atoms with van der Waals surface area (Å²) < 4.78 is 0. The molecule has 1 nitrogen and oxygen atoms in total. The van der Waals surface area contributed by atoms with Gasteiger partial charge >= 0.3 is 0 Å². The summed E-state index contributed by atoms with van der Waals surface area (Å²) in [6.45, 7) is 8.92. The van der Waals surface area contributed by atoms with Crippen LogP contribution in [0.5, 0.6) is 0 Å². The molecule has 1 aliphatic carbocycles. The van der Waals surface area contributed by atoms with Crippen molar-refractivity contribution in [1.29, 1.82) is 0 Å². The molecule has 1 saturated carbocycles. The lowest BCUT2D eigenvalue weighted by Crippen LogP contribution is -2.39. The van der Waals surface area contributed by atoms with E-state index in [4.69, 9.17) is 0 Å². The molecule has 18 heavy (non-hydrogen) atoms. The maximum Gasteiger partial charge on any atom is 0.0641 e. The lowest BCUT2D eigenvalue weighted by atomic mass is 9.66. The summed E-state index contributed by atoms with van der Waals surface area (Å²) in [6, 6.07) is 8.54. The van der Waals surface area contributed by atoms with E-state index in [1.165, 1.54) is 24.0 Å². The zero-order chi connectivity index (χ0) is 13.3. The average Bonchev–Trinajstić information content (AvgIpc) is 2.31. The van der Waals surface area contributed by atoms with Crippen LogP contribution in [0.2, 0.25) is 0 Å². The molecule has 3 unspecified atom stereocenters. The Bertz CT molecular complexity index is 396. The molecule has 0 amide bonds. The van der Waals surface area contributed by atoms with Crippen LogP contribution in [-0.2, 0) is 0 Å². The molecular weight excluding hydrogens is 220 g/mol. The third kappa shape index (κ3) is 2.47. The van der Waals surface area contributed by atoms with Gasteiger partial charge in [0.25, 0.3) is 0 Å². The monoisotopic (exact) mass is 246 g/mol. The molecule has 1 aromatic rings. The zero-order valence-electron chi connectivity index (χ0n) is 12.1. The molecule has 0 aromatic heterocycles. The molecule has 1 heteroatoms. The second-order valence-electron chi connectivity index (χ2n) is 6.34. The number of aliphatic hydroxyl groups excluding tert-OH is 1. The van der Waals surface area contributed by atoms with Gasteiger partial charge in [0.1, 0.15) is 0 Å². The molecule has 0 saturated heterocycles. The SMILES string of the molecule is Cc1ccccc1C1C(O)C(C(C)C)CC[C@H]1C. The van der Waals surface area contributed by atoms with Crippen LogP contribution in [0.15, 0.2) is 24.3 Å². The van der Waals surface area contributed by atoms with E-state index in [0.717, 1.165) is 0 Å². The molecule has 4 atom stereocenters. The fourth-order valence-electron chi connectivity index (χ4n) is 3.59. The van der Waals surface area contributed by atoms with Gasteiger partial charge < -0.3 is 5.11 Å². The number of hydrogen-bond acceptors (Lipinski definition) is 1. The summed E-state index contributed by atoms with van der Waals surface area (Å²) in [4.78, 5) is 0. The first-order valence-electron chi connectivity index (χ1n) is 7.26. The third-order valence-corrected chi connectivity index (χ3v) is 4.78. The standard InChI is InChI=1S/C17H26O/c1-11(2)14-10-9-13(4)16(17(14)18)15-8-6-5-7-12(15)3/h5-8,11,13-14,16-18H,9-10H2,1-4H3/t13-,14?,16?,17?/m1/s1. The van der Waals surface area contributed by atoms with E-state index in [9.17, 15) is 5.11 Å². The molecule has 1 N–H and O–H groups in total. The van der Waals surface area contributed by atoms with E-state index < -0.39 is 0 Å². The van der Waals surface area contributed by atoms with E-state index >= 15 is 0 Å². The maximum atomic E-state index is 10.7.